The van der Waals surface area contributed by atoms with E-state index in [9.17, 15) is 18.4 Å². The van der Waals surface area contributed by atoms with E-state index in [0.717, 1.165) is 35.2 Å². The number of fused-ring (bicyclic) bond motifs is 3. The first-order valence-electron chi connectivity index (χ1n) is 9.18. The summed E-state index contributed by atoms with van der Waals surface area (Å²) < 4.78 is 25.9. The molecule has 2 N–H and O–H groups in total. The molecule has 2 aromatic rings. The van der Waals surface area contributed by atoms with E-state index < -0.39 is 15.9 Å². The molecule has 2 heterocycles. The van der Waals surface area contributed by atoms with Crippen molar-refractivity contribution >= 4 is 27.3 Å². The van der Waals surface area contributed by atoms with Crippen LogP contribution >= 0.6 is 0 Å². The number of sulfonamides is 1. The van der Waals surface area contributed by atoms with E-state index in [-0.39, 0.29) is 10.6 Å². The molecule has 2 aliphatic rings. The Hall–Kier alpha value is -2.75. The maximum absolute atomic E-state index is 12.4. The number of oxime groups is 1. The summed E-state index contributed by atoms with van der Waals surface area (Å²) in [6.45, 7) is 1.54. The SMILES string of the molecule is CN1CCc2c(-c3ccc(S(=O)(=O)N(C)C)cc3)cc3c(c2C1)NC(=O)/C3=N\O. The molecule has 9 heteroatoms. The first-order chi connectivity index (χ1) is 13.7. The Morgan fingerprint density at radius 1 is 1.14 bits per heavy atom. The summed E-state index contributed by atoms with van der Waals surface area (Å²) in [6.07, 6.45) is 0.799. The Balaban J connectivity index is 1.88. The molecule has 0 radical (unpaired) electrons. The topological polar surface area (TPSA) is 102 Å². The minimum absolute atomic E-state index is 0.0101. The van der Waals surface area contributed by atoms with Crippen molar-refractivity contribution in [2.75, 3.05) is 33.0 Å². The molecule has 0 saturated heterocycles. The lowest BCUT2D eigenvalue weighted by Gasteiger charge is -2.29. The van der Waals surface area contributed by atoms with E-state index >= 15 is 0 Å². The first-order valence-corrected chi connectivity index (χ1v) is 10.6. The standard InChI is InChI=1S/C20H22N4O4S/c1-23(2)29(27,28)13-6-4-12(5-7-13)15-10-16-18(21-20(25)19(16)22-26)17-11-24(3)9-8-14(15)17/h4-7,10,26H,8-9,11H2,1-3H3,(H,21,22,25). The van der Waals surface area contributed by atoms with Crippen LogP contribution in [-0.2, 0) is 27.8 Å². The number of hydrogen-bond acceptors (Lipinski definition) is 6. The molecule has 152 valence electrons. The van der Waals surface area contributed by atoms with E-state index in [1.807, 2.05) is 13.1 Å². The number of nitrogens with one attached hydrogen (secondary N) is 1. The summed E-state index contributed by atoms with van der Waals surface area (Å²) in [5, 5.41) is 15.3. The van der Waals surface area contributed by atoms with E-state index in [4.69, 9.17) is 0 Å². The molecular weight excluding hydrogens is 392 g/mol. The number of benzene rings is 2. The number of nitrogens with zero attached hydrogens (tertiary/aromatic N) is 3. The number of carbonyl (C=O) groups excluding carboxylic acids is 1. The third-order valence-electron chi connectivity index (χ3n) is 5.47. The van der Waals surface area contributed by atoms with Crippen molar-refractivity contribution in [1.29, 1.82) is 0 Å². The summed E-state index contributed by atoms with van der Waals surface area (Å²) in [7, 11) is 1.50. The quantitative estimate of drug-likeness (QED) is 0.588. The van der Waals surface area contributed by atoms with Gasteiger partial charge in [-0.05, 0) is 53.9 Å². The fraction of sp³-hybridized carbons (Fsp3) is 0.300. The second-order valence-corrected chi connectivity index (χ2v) is 9.66. The molecule has 0 aromatic heterocycles. The smallest absolute Gasteiger partial charge is 0.278 e. The Labute approximate surface area is 169 Å². The maximum atomic E-state index is 12.4. The number of amides is 1. The highest BCUT2D eigenvalue weighted by atomic mass is 32.2. The van der Waals surface area contributed by atoms with Crippen molar-refractivity contribution in [3.8, 4) is 11.1 Å². The van der Waals surface area contributed by atoms with Crippen LogP contribution in [0.5, 0.6) is 0 Å². The molecule has 2 aromatic carbocycles. The maximum Gasteiger partial charge on any atom is 0.278 e. The van der Waals surface area contributed by atoms with Gasteiger partial charge in [0.2, 0.25) is 10.0 Å². The lowest BCUT2D eigenvalue weighted by atomic mass is 9.87. The summed E-state index contributed by atoms with van der Waals surface area (Å²) in [4.78, 5) is 14.6. The van der Waals surface area contributed by atoms with Gasteiger partial charge in [-0.3, -0.25) is 4.79 Å². The molecule has 0 bridgehead atoms. The van der Waals surface area contributed by atoms with Crippen molar-refractivity contribution in [2.45, 2.75) is 17.9 Å². The third kappa shape index (κ3) is 3.11. The predicted octanol–water partition coefficient (Wildman–Crippen LogP) is 1.72. The molecule has 8 nitrogen and oxygen atoms in total. The second kappa shape index (κ2) is 6.94. The fourth-order valence-corrected chi connectivity index (χ4v) is 4.79. The number of carbonyl (C=O) groups is 1. The van der Waals surface area contributed by atoms with Crippen LogP contribution in [0.3, 0.4) is 0 Å². The van der Waals surface area contributed by atoms with Gasteiger partial charge in [0, 0.05) is 32.7 Å². The van der Waals surface area contributed by atoms with E-state index in [2.05, 4.69) is 15.4 Å². The van der Waals surface area contributed by atoms with Crippen LogP contribution in [0.15, 0.2) is 40.4 Å². The number of rotatable bonds is 3. The van der Waals surface area contributed by atoms with Gasteiger partial charge < -0.3 is 15.4 Å². The van der Waals surface area contributed by atoms with Crippen molar-refractivity contribution in [1.82, 2.24) is 9.21 Å². The van der Waals surface area contributed by atoms with E-state index in [1.54, 1.807) is 24.3 Å². The summed E-state index contributed by atoms with van der Waals surface area (Å²) in [5.74, 6) is -0.428. The first kappa shape index (κ1) is 19.6. The zero-order chi connectivity index (χ0) is 20.9. The molecule has 0 aliphatic carbocycles. The highest BCUT2D eigenvalue weighted by Crippen LogP contribution is 2.40. The molecule has 0 fully saturated rings. The molecule has 1 amide bonds. The highest BCUT2D eigenvalue weighted by Gasteiger charge is 2.33. The number of hydrogen-bond donors (Lipinski definition) is 2. The van der Waals surface area contributed by atoms with Crippen LogP contribution < -0.4 is 5.32 Å². The van der Waals surface area contributed by atoms with Crippen LogP contribution in [0.1, 0.15) is 16.7 Å². The lowest BCUT2D eigenvalue weighted by Crippen LogP contribution is -2.27. The Morgan fingerprint density at radius 3 is 2.45 bits per heavy atom. The van der Waals surface area contributed by atoms with Crippen LogP contribution in [0, 0.1) is 0 Å². The van der Waals surface area contributed by atoms with Gasteiger partial charge in [0.15, 0.2) is 5.71 Å². The van der Waals surface area contributed by atoms with E-state index in [0.29, 0.717) is 17.8 Å². The molecule has 0 saturated carbocycles. The van der Waals surface area contributed by atoms with Gasteiger partial charge in [0.1, 0.15) is 0 Å². The van der Waals surface area contributed by atoms with Crippen LogP contribution in [0.2, 0.25) is 0 Å². The summed E-state index contributed by atoms with van der Waals surface area (Å²) in [5.41, 5.74) is 5.13. The van der Waals surface area contributed by atoms with E-state index in [1.165, 1.54) is 18.4 Å². The van der Waals surface area contributed by atoms with Gasteiger partial charge in [-0.2, -0.15) is 0 Å². The molecule has 0 spiro atoms. The third-order valence-corrected chi connectivity index (χ3v) is 7.30. The van der Waals surface area contributed by atoms with Gasteiger partial charge in [-0.25, -0.2) is 12.7 Å². The van der Waals surface area contributed by atoms with Gasteiger partial charge in [0.25, 0.3) is 5.91 Å². The molecule has 29 heavy (non-hydrogen) atoms. The monoisotopic (exact) mass is 414 g/mol. The van der Waals surface area contributed by atoms with Crippen molar-refractivity contribution < 1.29 is 18.4 Å². The Kier molecular flexibility index (Phi) is 4.68. The van der Waals surface area contributed by atoms with Crippen LogP contribution in [0.25, 0.3) is 11.1 Å². The normalized spacial score (nSPS) is 18.1. The second-order valence-electron chi connectivity index (χ2n) is 7.51. The van der Waals surface area contributed by atoms with Crippen LogP contribution in [0.4, 0.5) is 5.69 Å². The Morgan fingerprint density at radius 2 is 1.83 bits per heavy atom. The molecular formula is C20H22N4O4S. The average Bonchev–Trinajstić information content (AvgIpc) is 3.02. The number of likely N-dealkylation sites (N-methyl/N-ethyl adjacent to an activating group) is 1. The summed E-state index contributed by atoms with van der Waals surface area (Å²) >= 11 is 0. The largest absolute Gasteiger partial charge is 0.410 e. The average molecular weight is 414 g/mol. The lowest BCUT2D eigenvalue weighted by molar-refractivity contribution is -0.110. The highest BCUT2D eigenvalue weighted by molar-refractivity contribution is 7.89. The fourth-order valence-electron chi connectivity index (χ4n) is 3.89. The summed E-state index contributed by atoms with van der Waals surface area (Å²) in [6, 6.07) is 8.57. The van der Waals surface area contributed by atoms with Crippen LogP contribution in [-0.4, -0.2) is 62.1 Å². The molecule has 0 atom stereocenters. The van der Waals surface area contributed by atoms with Crippen molar-refractivity contribution in [3.63, 3.8) is 0 Å². The minimum atomic E-state index is -3.51. The molecule has 4 rings (SSSR count). The molecule has 2 aliphatic heterocycles. The van der Waals surface area contributed by atoms with Crippen molar-refractivity contribution in [2.24, 2.45) is 5.16 Å². The van der Waals surface area contributed by atoms with Gasteiger partial charge in [-0.1, -0.05) is 17.3 Å². The van der Waals surface area contributed by atoms with Crippen molar-refractivity contribution in [3.05, 3.63) is 47.0 Å². The van der Waals surface area contributed by atoms with Gasteiger partial charge in [-0.15, -0.1) is 0 Å². The minimum Gasteiger partial charge on any atom is -0.410 e. The zero-order valence-electron chi connectivity index (χ0n) is 16.4. The number of anilines is 1. The Bertz CT molecular complexity index is 1140. The van der Waals surface area contributed by atoms with Gasteiger partial charge >= 0.3 is 0 Å². The predicted molar refractivity (Wildman–Crippen MR) is 110 cm³/mol. The molecule has 0 unspecified atom stereocenters. The zero-order valence-corrected chi connectivity index (χ0v) is 17.2. The van der Waals surface area contributed by atoms with Gasteiger partial charge in [0.05, 0.1) is 10.6 Å².